The lowest BCUT2D eigenvalue weighted by molar-refractivity contribution is -0.142. The molecule has 3 fully saturated rings. The molecule has 210 valence electrons. The third kappa shape index (κ3) is 6.15. The van der Waals surface area contributed by atoms with Crippen LogP contribution < -0.4 is 0 Å². The van der Waals surface area contributed by atoms with Crippen molar-refractivity contribution in [2.24, 2.45) is 0 Å². The Morgan fingerprint density at radius 2 is 1.74 bits per heavy atom. The lowest BCUT2D eigenvalue weighted by Crippen LogP contribution is -2.51. The fraction of sp³-hybridized carbons (Fsp3) is 0.562. The molecule has 3 aliphatic rings. The van der Waals surface area contributed by atoms with Crippen LogP contribution in [0.3, 0.4) is 0 Å². The van der Waals surface area contributed by atoms with E-state index in [9.17, 15) is 14.7 Å². The van der Waals surface area contributed by atoms with Crippen molar-refractivity contribution in [1.82, 2.24) is 9.80 Å². The van der Waals surface area contributed by atoms with E-state index < -0.39 is 11.2 Å². The van der Waals surface area contributed by atoms with E-state index in [0.717, 1.165) is 49.9 Å². The van der Waals surface area contributed by atoms with Gasteiger partial charge in [0.15, 0.2) is 0 Å². The van der Waals surface area contributed by atoms with Crippen LogP contribution in [0.2, 0.25) is 0 Å². The summed E-state index contributed by atoms with van der Waals surface area (Å²) < 4.78 is 11.8. The van der Waals surface area contributed by atoms with Crippen molar-refractivity contribution in [2.45, 2.75) is 88.6 Å². The quantitative estimate of drug-likeness (QED) is 0.505. The molecule has 3 heterocycles. The summed E-state index contributed by atoms with van der Waals surface area (Å²) in [6.07, 6.45) is 4.08. The molecule has 3 atom stereocenters. The topological polar surface area (TPSA) is 79.3 Å². The van der Waals surface area contributed by atoms with Gasteiger partial charge in [0, 0.05) is 39.1 Å². The van der Waals surface area contributed by atoms with E-state index in [-0.39, 0.29) is 24.1 Å². The highest BCUT2D eigenvalue weighted by atomic mass is 16.6. The zero-order chi connectivity index (χ0) is 27.6. The van der Waals surface area contributed by atoms with Crippen LogP contribution in [0.1, 0.15) is 87.9 Å². The fourth-order valence-electron chi connectivity index (χ4n) is 6.53. The average Bonchev–Trinajstić information content (AvgIpc) is 3.47. The molecule has 1 N–H and O–H groups in total. The standard InChI is InChI=1S/C32H42N2O5/c1-23(34-20-17-32(39-30(34)36,22-31(2,3)37)27-8-5-4-6-9-27)24-11-13-25(14-12-24)26-15-18-33(19-16-26)29(35)28-10-7-21-38-28/h4-6,8-9,11-14,23,26,28,37H,7,10,15-22H2,1-3H3/t23-,28+,32-/m0/s1. The molecule has 0 radical (unpaired) electrons. The highest BCUT2D eigenvalue weighted by molar-refractivity contribution is 5.81. The molecular formula is C32H42N2O5. The molecule has 2 amide bonds. The Balaban J connectivity index is 1.21. The summed E-state index contributed by atoms with van der Waals surface area (Å²) in [5.74, 6) is 0.582. The zero-order valence-electron chi connectivity index (χ0n) is 23.5. The lowest BCUT2D eigenvalue weighted by Gasteiger charge is -2.45. The number of aliphatic hydroxyl groups is 1. The maximum atomic E-state index is 13.4. The van der Waals surface area contributed by atoms with Crippen molar-refractivity contribution in [3.63, 3.8) is 0 Å². The number of hydrogen-bond acceptors (Lipinski definition) is 5. The molecule has 7 heteroatoms. The predicted molar refractivity (Wildman–Crippen MR) is 149 cm³/mol. The molecule has 0 bridgehead atoms. The van der Waals surface area contributed by atoms with Gasteiger partial charge in [-0.25, -0.2) is 4.79 Å². The maximum Gasteiger partial charge on any atom is 0.411 e. The van der Waals surface area contributed by atoms with Gasteiger partial charge in [0.05, 0.1) is 11.6 Å². The highest BCUT2D eigenvalue weighted by Gasteiger charge is 2.46. The zero-order valence-corrected chi connectivity index (χ0v) is 23.5. The van der Waals surface area contributed by atoms with Crippen LogP contribution in [0.25, 0.3) is 0 Å². The second-order valence-corrected chi connectivity index (χ2v) is 12.1. The van der Waals surface area contributed by atoms with Gasteiger partial charge in [-0.3, -0.25) is 4.79 Å². The summed E-state index contributed by atoms with van der Waals surface area (Å²) in [5.41, 5.74) is 1.44. The Morgan fingerprint density at radius 1 is 1.05 bits per heavy atom. The minimum absolute atomic E-state index is 0.131. The van der Waals surface area contributed by atoms with Crippen molar-refractivity contribution in [3.8, 4) is 0 Å². The number of ether oxygens (including phenoxy) is 2. The molecule has 5 rings (SSSR count). The third-order valence-electron chi connectivity index (χ3n) is 8.66. The summed E-state index contributed by atoms with van der Waals surface area (Å²) in [6, 6.07) is 18.2. The highest BCUT2D eigenvalue weighted by Crippen LogP contribution is 2.42. The summed E-state index contributed by atoms with van der Waals surface area (Å²) in [6.45, 7) is 8.34. The van der Waals surface area contributed by atoms with Crippen LogP contribution in [0.5, 0.6) is 0 Å². The van der Waals surface area contributed by atoms with Gasteiger partial charge in [-0.2, -0.15) is 0 Å². The van der Waals surface area contributed by atoms with Crippen molar-refractivity contribution >= 4 is 12.0 Å². The van der Waals surface area contributed by atoms with E-state index in [0.29, 0.717) is 31.9 Å². The summed E-state index contributed by atoms with van der Waals surface area (Å²) >= 11 is 0. The first-order valence-corrected chi connectivity index (χ1v) is 14.4. The van der Waals surface area contributed by atoms with E-state index in [1.165, 1.54) is 5.56 Å². The van der Waals surface area contributed by atoms with Crippen LogP contribution >= 0.6 is 0 Å². The monoisotopic (exact) mass is 534 g/mol. The lowest BCUT2D eigenvalue weighted by atomic mass is 9.80. The maximum absolute atomic E-state index is 13.4. The number of likely N-dealkylation sites (tertiary alicyclic amines) is 1. The number of cyclic esters (lactones) is 1. The van der Waals surface area contributed by atoms with E-state index in [1.807, 2.05) is 42.2 Å². The van der Waals surface area contributed by atoms with Gasteiger partial charge >= 0.3 is 6.09 Å². The van der Waals surface area contributed by atoms with E-state index >= 15 is 0 Å². The van der Waals surface area contributed by atoms with Crippen LogP contribution in [-0.2, 0) is 19.9 Å². The van der Waals surface area contributed by atoms with Crippen LogP contribution in [0, 0.1) is 0 Å². The summed E-state index contributed by atoms with van der Waals surface area (Å²) in [7, 11) is 0. The minimum atomic E-state index is -0.979. The largest absolute Gasteiger partial charge is 0.438 e. The predicted octanol–water partition coefficient (Wildman–Crippen LogP) is 5.53. The third-order valence-corrected chi connectivity index (χ3v) is 8.66. The van der Waals surface area contributed by atoms with Crippen LogP contribution in [-0.4, -0.2) is 64.9 Å². The second kappa shape index (κ2) is 11.3. The molecule has 0 spiro atoms. The van der Waals surface area contributed by atoms with Crippen LogP contribution in [0.15, 0.2) is 54.6 Å². The van der Waals surface area contributed by atoms with E-state index in [4.69, 9.17) is 9.47 Å². The molecule has 39 heavy (non-hydrogen) atoms. The molecule has 0 aliphatic carbocycles. The minimum Gasteiger partial charge on any atom is -0.438 e. The van der Waals surface area contributed by atoms with Gasteiger partial charge in [0.1, 0.15) is 11.7 Å². The van der Waals surface area contributed by atoms with E-state index in [1.54, 1.807) is 18.7 Å². The summed E-state index contributed by atoms with van der Waals surface area (Å²) in [5, 5.41) is 10.6. The molecule has 0 saturated carbocycles. The Hall–Kier alpha value is -2.90. The molecule has 0 unspecified atom stereocenters. The SMILES string of the molecule is C[C@@H](c1ccc(C2CCN(C(=O)[C@H]3CCCO3)CC2)cc1)N1CC[C@](CC(C)(C)O)(c2ccccc2)OC1=O. The Kier molecular flexibility index (Phi) is 8.01. The molecule has 0 aromatic heterocycles. The van der Waals surface area contributed by atoms with Crippen molar-refractivity contribution < 1.29 is 24.2 Å². The first-order valence-electron chi connectivity index (χ1n) is 14.4. The summed E-state index contributed by atoms with van der Waals surface area (Å²) in [4.78, 5) is 29.8. The molecule has 3 saturated heterocycles. The number of piperidine rings is 1. The normalized spacial score (nSPS) is 25.4. The molecule has 2 aromatic carbocycles. The van der Waals surface area contributed by atoms with Crippen molar-refractivity contribution in [2.75, 3.05) is 26.2 Å². The van der Waals surface area contributed by atoms with Gasteiger partial charge in [0.25, 0.3) is 5.91 Å². The van der Waals surface area contributed by atoms with E-state index in [2.05, 4.69) is 24.3 Å². The number of rotatable bonds is 7. The molecule has 7 nitrogen and oxygen atoms in total. The van der Waals surface area contributed by atoms with Crippen molar-refractivity contribution in [1.29, 1.82) is 0 Å². The number of carbonyl (C=O) groups is 2. The van der Waals surface area contributed by atoms with Gasteiger partial charge < -0.3 is 24.4 Å². The van der Waals surface area contributed by atoms with Gasteiger partial charge in [0.2, 0.25) is 0 Å². The molecule has 2 aromatic rings. The molecular weight excluding hydrogens is 492 g/mol. The van der Waals surface area contributed by atoms with Gasteiger partial charge in [-0.05, 0) is 69.1 Å². The number of carbonyl (C=O) groups excluding carboxylic acids is 2. The Labute approximate surface area is 232 Å². The first-order chi connectivity index (χ1) is 18.7. The van der Waals surface area contributed by atoms with Crippen molar-refractivity contribution in [3.05, 3.63) is 71.3 Å². The Bertz CT molecular complexity index is 1130. The molecule has 3 aliphatic heterocycles. The number of amides is 2. The second-order valence-electron chi connectivity index (χ2n) is 12.1. The fourth-order valence-corrected chi connectivity index (χ4v) is 6.53. The van der Waals surface area contributed by atoms with Gasteiger partial charge in [-0.15, -0.1) is 0 Å². The number of nitrogens with zero attached hydrogens (tertiary/aromatic N) is 2. The average molecular weight is 535 g/mol. The number of hydrogen-bond donors (Lipinski definition) is 1. The smallest absolute Gasteiger partial charge is 0.411 e. The number of benzene rings is 2. The van der Waals surface area contributed by atoms with Crippen LogP contribution in [0.4, 0.5) is 4.79 Å². The van der Waals surface area contributed by atoms with Gasteiger partial charge in [-0.1, -0.05) is 54.6 Å². The first kappa shape index (κ1) is 27.7. The Morgan fingerprint density at radius 3 is 2.33 bits per heavy atom.